The molecule has 0 aliphatic heterocycles. The van der Waals surface area contributed by atoms with E-state index in [0.717, 1.165) is 0 Å². The van der Waals surface area contributed by atoms with E-state index in [1.165, 1.54) is 13.8 Å². The summed E-state index contributed by atoms with van der Waals surface area (Å²) in [7, 11) is -4.10. The van der Waals surface area contributed by atoms with Gasteiger partial charge in [0.1, 0.15) is 12.1 Å². The van der Waals surface area contributed by atoms with Crippen molar-refractivity contribution in [2.24, 2.45) is 0 Å². The van der Waals surface area contributed by atoms with E-state index in [-0.39, 0.29) is 12.2 Å². The first-order valence-corrected chi connectivity index (χ1v) is 8.40. The van der Waals surface area contributed by atoms with E-state index in [1.54, 1.807) is 27.7 Å². The summed E-state index contributed by atoms with van der Waals surface area (Å²) in [6.45, 7) is 9.48. The quantitative estimate of drug-likeness (QED) is 0.446. The summed E-state index contributed by atoms with van der Waals surface area (Å²) >= 11 is 0. The van der Waals surface area contributed by atoms with E-state index in [2.05, 4.69) is 10.2 Å². The molecular formula is C12H25N2O6P. The van der Waals surface area contributed by atoms with Crippen LogP contribution in [0.4, 0.5) is 0 Å². The van der Waals surface area contributed by atoms with E-state index < -0.39 is 31.7 Å². The summed E-state index contributed by atoms with van der Waals surface area (Å²) < 4.78 is 21.8. The normalized spacial score (nSPS) is 14.9. The molecule has 0 fully saturated rings. The molecule has 8 nitrogen and oxygen atoms in total. The number of ether oxygens (including phenoxy) is 2. The Morgan fingerprint density at radius 1 is 0.857 bits per heavy atom. The van der Waals surface area contributed by atoms with Gasteiger partial charge in [0.2, 0.25) is 0 Å². The van der Waals surface area contributed by atoms with Crippen LogP contribution in [0.15, 0.2) is 0 Å². The highest BCUT2D eigenvalue weighted by atomic mass is 31.2. The summed E-state index contributed by atoms with van der Waals surface area (Å²) in [5.74, 6) is -1.31. The van der Waals surface area contributed by atoms with Crippen molar-refractivity contribution in [3.05, 3.63) is 0 Å². The molecular weight excluding hydrogens is 299 g/mol. The van der Waals surface area contributed by atoms with Crippen LogP contribution in [0.25, 0.3) is 0 Å². The van der Waals surface area contributed by atoms with E-state index >= 15 is 0 Å². The summed E-state index contributed by atoms with van der Waals surface area (Å²) in [6.07, 6.45) is -0.652. The smallest absolute Gasteiger partial charge is 0.339 e. The number of hydrogen-bond donors (Lipinski definition) is 3. The molecule has 0 radical (unpaired) electrons. The standard InChI is InChI=1S/C12H25N2O6P/c1-7(2)19-11(15)9(5)13-21(17,18)14-10(6)12(16)20-8(3)4/h7-10H,1-6H3,(H3,13,14,17,18)/t9-,10-/m0/s1. The van der Waals surface area contributed by atoms with Crippen LogP contribution in [0.2, 0.25) is 0 Å². The molecule has 2 atom stereocenters. The molecule has 0 aromatic heterocycles. The van der Waals surface area contributed by atoms with E-state index in [0.29, 0.717) is 0 Å². The van der Waals surface area contributed by atoms with Gasteiger partial charge in [-0.25, -0.2) is 10.2 Å². The summed E-state index contributed by atoms with van der Waals surface area (Å²) in [5, 5.41) is 4.44. The van der Waals surface area contributed by atoms with E-state index in [9.17, 15) is 19.0 Å². The van der Waals surface area contributed by atoms with Crippen molar-refractivity contribution >= 4 is 19.6 Å². The topological polar surface area (TPSA) is 114 Å². The first kappa shape index (κ1) is 20.1. The Balaban J connectivity index is 4.52. The maximum absolute atomic E-state index is 11.9. The highest BCUT2D eigenvalue weighted by Gasteiger charge is 2.30. The number of rotatable bonds is 8. The van der Waals surface area contributed by atoms with Gasteiger partial charge in [0.15, 0.2) is 0 Å². The molecule has 9 heteroatoms. The molecule has 124 valence electrons. The van der Waals surface area contributed by atoms with Crippen molar-refractivity contribution in [2.45, 2.75) is 65.8 Å². The van der Waals surface area contributed by atoms with Gasteiger partial charge in [-0.2, -0.15) is 0 Å². The zero-order valence-corrected chi connectivity index (χ0v) is 14.1. The van der Waals surface area contributed by atoms with Gasteiger partial charge in [-0.15, -0.1) is 0 Å². The average Bonchev–Trinajstić information content (AvgIpc) is 2.25. The number of carbonyl (C=O) groups excluding carboxylic acids is 2. The third-order valence-corrected chi connectivity index (χ3v) is 3.62. The predicted molar refractivity (Wildman–Crippen MR) is 77.5 cm³/mol. The maximum atomic E-state index is 11.9. The van der Waals surface area contributed by atoms with Gasteiger partial charge in [0, 0.05) is 0 Å². The Bertz CT molecular complexity index is 379. The second kappa shape index (κ2) is 8.48. The van der Waals surface area contributed by atoms with Gasteiger partial charge in [0.05, 0.1) is 12.2 Å². The second-order valence-corrected chi connectivity index (χ2v) is 6.92. The lowest BCUT2D eigenvalue weighted by Crippen LogP contribution is -2.42. The molecule has 0 bridgehead atoms. The Labute approximate surface area is 125 Å². The number of carbonyl (C=O) groups is 2. The van der Waals surface area contributed by atoms with Gasteiger partial charge in [-0.1, -0.05) is 0 Å². The van der Waals surface area contributed by atoms with Gasteiger partial charge < -0.3 is 14.4 Å². The molecule has 0 aromatic rings. The van der Waals surface area contributed by atoms with Crippen molar-refractivity contribution in [2.75, 3.05) is 0 Å². The lowest BCUT2D eigenvalue weighted by atomic mass is 10.4. The van der Waals surface area contributed by atoms with Crippen LogP contribution < -0.4 is 10.2 Å². The minimum Gasteiger partial charge on any atom is -0.462 e. The van der Waals surface area contributed by atoms with Crippen LogP contribution in [0.1, 0.15) is 41.5 Å². The number of nitrogens with one attached hydrogen (secondary N) is 2. The number of hydrogen-bond acceptors (Lipinski definition) is 5. The zero-order chi connectivity index (χ0) is 16.8. The fourth-order valence-electron chi connectivity index (χ4n) is 1.34. The summed E-state index contributed by atoms with van der Waals surface area (Å²) in [5.41, 5.74) is 0. The van der Waals surface area contributed by atoms with Crippen LogP contribution in [0, 0.1) is 0 Å². The molecule has 0 aliphatic carbocycles. The fourth-order valence-corrected chi connectivity index (χ4v) is 2.67. The largest absolute Gasteiger partial charge is 0.462 e. The molecule has 0 saturated carbocycles. The second-order valence-electron chi connectivity index (χ2n) is 5.25. The molecule has 0 amide bonds. The highest BCUT2D eigenvalue weighted by Crippen LogP contribution is 2.31. The van der Waals surface area contributed by atoms with Crippen LogP contribution in [0.3, 0.4) is 0 Å². The van der Waals surface area contributed by atoms with Crippen LogP contribution in [-0.2, 0) is 23.6 Å². The predicted octanol–water partition coefficient (Wildman–Crippen LogP) is 0.946. The van der Waals surface area contributed by atoms with Crippen molar-refractivity contribution in [1.82, 2.24) is 10.2 Å². The molecule has 0 unspecified atom stereocenters. The lowest BCUT2D eigenvalue weighted by molar-refractivity contribution is -0.149. The first-order valence-electron chi connectivity index (χ1n) is 6.74. The van der Waals surface area contributed by atoms with Gasteiger partial charge in [-0.05, 0) is 41.5 Å². The fraction of sp³-hybridized carbons (Fsp3) is 0.833. The third-order valence-electron chi connectivity index (χ3n) is 2.15. The molecule has 0 rings (SSSR count). The van der Waals surface area contributed by atoms with Crippen LogP contribution in [0.5, 0.6) is 0 Å². The molecule has 0 heterocycles. The lowest BCUT2D eigenvalue weighted by Gasteiger charge is -2.22. The molecule has 21 heavy (non-hydrogen) atoms. The van der Waals surface area contributed by atoms with Gasteiger partial charge in [0.25, 0.3) is 0 Å². The minimum absolute atomic E-state index is 0.326. The third kappa shape index (κ3) is 8.83. The zero-order valence-electron chi connectivity index (χ0n) is 13.2. The maximum Gasteiger partial charge on any atom is 0.339 e. The average molecular weight is 324 g/mol. The van der Waals surface area contributed by atoms with E-state index in [4.69, 9.17) is 9.47 Å². The highest BCUT2D eigenvalue weighted by molar-refractivity contribution is 7.53. The van der Waals surface area contributed by atoms with Crippen molar-refractivity contribution in [3.8, 4) is 0 Å². The van der Waals surface area contributed by atoms with Crippen LogP contribution >= 0.6 is 7.67 Å². The van der Waals surface area contributed by atoms with Crippen molar-refractivity contribution in [3.63, 3.8) is 0 Å². The summed E-state index contributed by atoms with van der Waals surface area (Å²) in [4.78, 5) is 32.9. The van der Waals surface area contributed by atoms with Crippen LogP contribution in [-0.4, -0.2) is 41.1 Å². The molecule has 0 spiro atoms. The molecule has 0 aromatic carbocycles. The van der Waals surface area contributed by atoms with Crippen molar-refractivity contribution < 1.29 is 28.5 Å². The molecule has 0 aliphatic rings. The van der Waals surface area contributed by atoms with Gasteiger partial charge >= 0.3 is 19.6 Å². The number of esters is 2. The Morgan fingerprint density at radius 3 is 1.38 bits per heavy atom. The molecule has 0 saturated heterocycles. The Kier molecular flexibility index (Phi) is 8.10. The van der Waals surface area contributed by atoms with E-state index in [1.807, 2.05) is 0 Å². The minimum atomic E-state index is -4.10. The SMILES string of the molecule is CC(C)OC(=O)[C@H](C)NP(=O)(O)N[C@@H](C)C(=O)OC(C)C. The first-order chi connectivity index (χ1) is 9.44. The monoisotopic (exact) mass is 324 g/mol. The Hall–Kier alpha value is -0.950. The Morgan fingerprint density at radius 2 is 1.14 bits per heavy atom. The van der Waals surface area contributed by atoms with Gasteiger partial charge in [-0.3, -0.25) is 14.2 Å². The molecule has 3 N–H and O–H groups in total. The summed E-state index contributed by atoms with van der Waals surface area (Å²) in [6, 6.07) is -1.99. The van der Waals surface area contributed by atoms with Crippen molar-refractivity contribution in [1.29, 1.82) is 0 Å².